The molecule has 0 amide bonds. The molecule has 1 aliphatic heterocycles. The van der Waals surface area contributed by atoms with E-state index in [2.05, 4.69) is 84.5 Å². The highest BCUT2D eigenvalue weighted by Gasteiger charge is 2.29. The predicted octanol–water partition coefficient (Wildman–Crippen LogP) is 4.62. The summed E-state index contributed by atoms with van der Waals surface area (Å²) in [6.07, 6.45) is 2.67. The summed E-state index contributed by atoms with van der Waals surface area (Å²) in [5, 5.41) is 11.9. The van der Waals surface area contributed by atoms with Gasteiger partial charge in [-0.2, -0.15) is 10.1 Å². The van der Waals surface area contributed by atoms with E-state index in [0.29, 0.717) is 17.8 Å². The summed E-state index contributed by atoms with van der Waals surface area (Å²) in [7, 11) is 0. The fourth-order valence-electron chi connectivity index (χ4n) is 3.83. The highest BCUT2D eigenvalue weighted by molar-refractivity contribution is 5.69. The minimum atomic E-state index is 0.312. The number of aryl methyl sites for hydroxylation is 3. The van der Waals surface area contributed by atoms with E-state index in [1.807, 2.05) is 0 Å². The first-order valence-corrected chi connectivity index (χ1v) is 8.94. The molecule has 0 radical (unpaired) electrons. The van der Waals surface area contributed by atoms with E-state index in [0.717, 1.165) is 12.1 Å². The fourth-order valence-corrected chi connectivity index (χ4v) is 3.83. The molecule has 26 heavy (non-hydrogen) atoms. The molecule has 0 saturated carbocycles. The van der Waals surface area contributed by atoms with Crippen LogP contribution in [0.25, 0.3) is 0 Å². The number of benzene rings is 2. The summed E-state index contributed by atoms with van der Waals surface area (Å²) in [5.74, 6) is 1.34. The van der Waals surface area contributed by atoms with Crippen LogP contribution < -0.4 is 10.2 Å². The number of rotatable bonds is 3. The standard InChI is InChI=1S/C21H23N5/c1-13-9-14(2)20(15(3)10-13)23-19-12-22-25-21(24-19)26-16(4)11-17-7-5-6-8-18(17)26/h5-10,12,16H,11H2,1-4H3,(H,23,24,25). The van der Waals surface area contributed by atoms with Gasteiger partial charge in [-0.15, -0.1) is 5.10 Å². The second-order valence-electron chi connectivity index (χ2n) is 7.09. The maximum absolute atomic E-state index is 4.75. The van der Waals surface area contributed by atoms with Gasteiger partial charge in [0.2, 0.25) is 0 Å². The van der Waals surface area contributed by atoms with E-state index in [-0.39, 0.29) is 0 Å². The molecule has 0 bridgehead atoms. The average Bonchev–Trinajstić information content (AvgIpc) is 2.94. The van der Waals surface area contributed by atoms with Gasteiger partial charge in [0.25, 0.3) is 5.95 Å². The van der Waals surface area contributed by atoms with Crippen LogP contribution >= 0.6 is 0 Å². The average molecular weight is 345 g/mol. The Bertz CT molecular complexity index is 943. The highest BCUT2D eigenvalue weighted by atomic mass is 15.4. The molecular formula is C21H23N5. The zero-order valence-corrected chi connectivity index (χ0v) is 15.6. The first-order chi connectivity index (χ1) is 12.5. The molecule has 0 aliphatic carbocycles. The topological polar surface area (TPSA) is 53.9 Å². The van der Waals surface area contributed by atoms with E-state index in [1.165, 1.54) is 27.9 Å². The molecule has 1 aromatic heterocycles. The van der Waals surface area contributed by atoms with E-state index >= 15 is 0 Å². The van der Waals surface area contributed by atoms with Crippen LogP contribution in [0.5, 0.6) is 0 Å². The van der Waals surface area contributed by atoms with Crippen LogP contribution in [0.15, 0.2) is 42.6 Å². The third-order valence-corrected chi connectivity index (χ3v) is 4.90. The van der Waals surface area contributed by atoms with Crippen molar-refractivity contribution in [3.8, 4) is 0 Å². The largest absolute Gasteiger partial charge is 0.338 e. The third-order valence-electron chi connectivity index (χ3n) is 4.90. The van der Waals surface area contributed by atoms with Crippen molar-refractivity contribution < 1.29 is 0 Å². The molecule has 2 aromatic carbocycles. The SMILES string of the molecule is Cc1cc(C)c(Nc2cnnc(N3c4ccccc4CC3C)n2)c(C)c1. The molecule has 1 N–H and O–H groups in total. The Kier molecular flexibility index (Phi) is 4.07. The highest BCUT2D eigenvalue weighted by Crippen LogP contribution is 2.36. The van der Waals surface area contributed by atoms with Crippen LogP contribution in [-0.2, 0) is 6.42 Å². The number of hydrogen-bond donors (Lipinski definition) is 1. The summed E-state index contributed by atoms with van der Waals surface area (Å²) < 4.78 is 0. The lowest BCUT2D eigenvalue weighted by Gasteiger charge is -2.22. The molecule has 1 atom stereocenters. The van der Waals surface area contributed by atoms with Gasteiger partial charge in [0.15, 0.2) is 5.82 Å². The van der Waals surface area contributed by atoms with E-state index < -0.39 is 0 Å². The fraction of sp³-hybridized carbons (Fsp3) is 0.286. The van der Waals surface area contributed by atoms with Crippen LogP contribution in [0.3, 0.4) is 0 Å². The van der Waals surface area contributed by atoms with Gasteiger partial charge >= 0.3 is 0 Å². The maximum Gasteiger partial charge on any atom is 0.252 e. The molecule has 1 unspecified atom stereocenters. The number of aromatic nitrogens is 3. The van der Waals surface area contributed by atoms with Crippen LogP contribution in [0.1, 0.15) is 29.2 Å². The van der Waals surface area contributed by atoms with Crippen molar-refractivity contribution >= 4 is 23.1 Å². The van der Waals surface area contributed by atoms with E-state index in [1.54, 1.807) is 6.20 Å². The molecule has 1 aliphatic rings. The zero-order valence-electron chi connectivity index (χ0n) is 15.6. The molecule has 5 heteroatoms. The number of nitrogens with one attached hydrogen (secondary N) is 1. The monoisotopic (exact) mass is 345 g/mol. The van der Waals surface area contributed by atoms with Crippen molar-refractivity contribution in [2.75, 3.05) is 10.2 Å². The summed E-state index contributed by atoms with van der Waals surface area (Å²) in [4.78, 5) is 6.91. The first kappa shape index (κ1) is 16.5. The summed E-state index contributed by atoms with van der Waals surface area (Å²) in [6, 6.07) is 13.1. The lowest BCUT2D eigenvalue weighted by atomic mass is 10.1. The van der Waals surface area contributed by atoms with Crippen molar-refractivity contribution in [2.24, 2.45) is 0 Å². The first-order valence-electron chi connectivity index (χ1n) is 8.94. The Labute approximate surface area is 154 Å². The second-order valence-corrected chi connectivity index (χ2v) is 7.09. The van der Waals surface area contributed by atoms with Gasteiger partial charge in [0.05, 0.1) is 6.20 Å². The number of anilines is 4. The summed E-state index contributed by atoms with van der Waals surface area (Å²) in [6.45, 7) is 8.52. The smallest absolute Gasteiger partial charge is 0.252 e. The molecule has 3 aromatic rings. The molecule has 132 valence electrons. The minimum absolute atomic E-state index is 0.312. The molecule has 0 spiro atoms. The van der Waals surface area contributed by atoms with Gasteiger partial charge in [-0.05, 0) is 56.9 Å². The lowest BCUT2D eigenvalue weighted by molar-refractivity contribution is 0.730. The number of para-hydroxylation sites is 1. The van der Waals surface area contributed by atoms with Gasteiger partial charge in [-0.3, -0.25) is 0 Å². The minimum Gasteiger partial charge on any atom is -0.338 e. The van der Waals surface area contributed by atoms with Crippen molar-refractivity contribution in [1.29, 1.82) is 0 Å². The Morgan fingerprint density at radius 2 is 1.81 bits per heavy atom. The Morgan fingerprint density at radius 1 is 1.08 bits per heavy atom. The Morgan fingerprint density at radius 3 is 2.58 bits per heavy atom. The van der Waals surface area contributed by atoms with Gasteiger partial charge in [-0.1, -0.05) is 35.9 Å². The number of hydrogen-bond acceptors (Lipinski definition) is 5. The molecule has 5 nitrogen and oxygen atoms in total. The van der Waals surface area contributed by atoms with Gasteiger partial charge in [-0.25, -0.2) is 0 Å². The van der Waals surface area contributed by atoms with E-state index in [4.69, 9.17) is 4.98 Å². The van der Waals surface area contributed by atoms with Crippen molar-refractivity contribution in [3.05, 3.63) is 64.8 Å². The van der Waals surface area contributed by atoms with Crippen LogP contribution in [-0.4, -0.2) is 21.2 Å². The summed E-state index contributed by atoms with van der Waals surface area (Å²) >= 11 is 0. The van der Waals surface area contributed by atoms with Gasteiger partial charge in [0, 0.05) is 17.4 Å². The molecule has 0 saturated heterocycles. The van der Waals surface area contributed by atoms with Crippen LogP contribution in [0.2, 0.25) is 0 Å². The molecule has 2 heterocycles. The van der Waals surface area contributed by atoms with Gasteiger partial charge < -0.3 is 10.2 Å². The third kappa shape index (κ3) is 2.90. The molecular weight excluding hydrogens is 322 g/mol. The van der Waals surface area contributed by atoms with Crippen LogP contribution in [0, 0.1) is 20.8 Å². The molecule has 4 rings (SSSR count). The zero-order chi connectivity index (χ0) is 18.3. The van der Waals surface area contributed by atoms with Crippen molar-refractivity contribution in [2.45, 2.75) is 40.2 Å². The lowest BCUT2D eigenvalue weighted by Crippen LogP contribution is -2.26. The van der Waals surface area contributed by atoms with Crippen molar-refractivity contribution in [3.63, 3.8) is 0 Å². The Hall–Kier alpha value is -2.95. The Balaban J connectivity index is 1.68. The number of fused-ring (bicyclic) bond motifs is 1. The van der Waals surface area contributed by atoms with Crippen LogP contribution in [0.4, 0.5) is 23.1 Å². The van der Waals surface area contributed by atoms with Crippen molar-refractivity contribution in [1.82, 2.24) is 15.2 Å². The quantitative estimate of drug-likeness (QED) is 0.750. The predicted molar refractivity (Wildman–Crippen MR) is 106 cm³/mol. The maximum atomic E-state index is 4.75. The summed E-state index contributed by atoms with van der Waals surface area (Å²) in [5.41, 5.74) is 7.23. The van der Waals surface area contributed by atoms with Gasteiger partial charge in [0.1, 0.15) is 0 Å². The number of nitrogens with zero attached hydrogens (tertiary/aromatic N) is 4. The second kappa shape index (κ2) is 6.41. The normalized spacial score (nSPS) is 15.8. The van der Waals surface area contributed by atoms with E-state index in [9.17, 15) is 0 Å². The molecule has 0 fully saturated rings.